The largest absolute Gasteiger partial charge is 0.496 e. The Kier molecular flexibility index (Phi) is 7.92. The molecule has 2 saturated carbocycles. The minimum absolute atomic E-state index is 0. The van der Waals surface area contributed by atoms with Crippen LogP contribution < -0.4 is 9.64 Å². The van der Waals surface area contributed by atoms with Crippen LogP contribution in [0.15, 0.2) is 36.4 Å². The van der Waals surface area contributed by atoms with E-state index >= 15 is 0 Å². The maximum atomic E-state index is 13.7. The number of aromatic nitrogens is 3. The molecule has 0 aliphatic heterocycles. The Bertz CT molecular complexity index is 1160. The highest BCUT2D eigenvalue weighted by Gasteiger charge is 2.35. The fourth-order valence-corrected chi connectivity index (χ4v) is 4.92. The van der Waals surface area contributed by atoms with E-state index in [0.717, 1.165) is 66.6 Å². The van der Waals surface area contributed by atoms with Crippen molar-refractivity contribution in [1.82, 2.24) is 14.8 Å². The molecule has 0 spiro atoms. The molecule has 5 rings (SSSR count). The van der Waals surface area contributed by atoms with E-state index in [9.17, 15) is 4.39 Å². The van der Waals surface area contributed by atoms with E-state index in [4.69, 9.17) is 26.4 Å². The van der Waals surface area contributed by atoms with Crippen LogP contribution >= 0.6 is 24.0 Å². The lowest BCUT2D eigenvalue weighted by Gasteiger charge is -2.31. The summed E-state index contributed by atoms with van der Waals surface area (Å²) in [5, 5.41) is 5.64. The molecule has 0 amide bonds. The highest BCUT2D eigenvalue weighted by atomic mass is 35.5. The summed E-state index contributed by atoms with van der Waals surface area (Å²) in [5.41, 5.74) is 2.95. The first kappa shape index (κ1) is 25.8. The normalized spacial score (nSPS) is 16.0. The van der Waals surface area contributed by atoms with Gasteiger partial charge in [0.15, 0.2) is 0 Å². The van der Waals surface area contributed by atoms with Gasteiger partial charge < -0.3 is 9.64 Å². The number of nitrogens with zero attached hydrogens (tertiary/aromatic N) is 4. The number of benzene rings is 2. The number of aryl methyl sites for hydroxylation is 1. The second-order valence-corrected chi connectivity index (χ2v) is 10.1. The van der Waals surface area contributed by atoms with Crippen molar-refractivity contribution in [3.63, 3.8) is 0 Å². The van der Waals surface area contributed by atoms with E-state index < -0.39 is 0 Å². The molecule has 0 radical (unpaired) electrons. The quantitative estimate of drug-likeness (QED) is 0.279. The number of hydrogen-bond donors (Lipinski definition) is 0. The fraction of sp³-hybridized carbons (Fsp3) is 0.481. The third-order valence-electron chi connectivity index (χ3n) is 6.86. The second kappa shape index (κ2) is 10.8. The Morgan fingerprint density at radius 3 is 2.49 bits per heavy atom. The second-order valence-electron chi connectivity index (χ2n) is 9.67. The zero-order valence-electron chi connectivity index (χ0n) is 20.5. The third kappa shape index (κ3) is 5.59. The molecule has 35 heavy (non-hydrogen) atoms. The molecule has 1 atom stereocenters. The monoisotopic (exact) mass is 518 g/mol. The molecule has 0 saturated heterocycles. The van der Waals surface area contributed by atoms with Crippen LogP contribution in [0.5, 0.6) is 5.75 Å². The summed E-state index contributed by atoms with van der Waals surface area (Å²) in [6.07, 6.45) is 6.74. The molecule has 2 aromatic carbocycles. The van der Waals surface area contributed by atoms with Gasteiger partial charge in [-0.05, 0) is 67.9 Å². The van der Waals surface area contributed by atoms with Gasteiger partial charge in [0.05, 0.1) is 23.9 Å². The molecule has 188 valence electrons. The zero-order valence-corrected chi connectivity index (χ0v) is 22.1. The number of anilines is 1. The SMILES string of the molecule is CCCN(c1nc(C2CC2)n(-c2cc(C)c(OC)cc2Cl)n1)C(CC1CC1)c1ccc(F)cc1.Cl. The number of halogens is 3. The van der Waals surface area contributed by atoms with Crippen molar-refractivity contribution < 1.29 is 9.13 Å². The standard InChI is InChI=1S/C27H32ClFN4O.ClH/c1-4-13-32(23(15-18-5-6-18)19-9-11-21(29)12-10-19)27-30-26(20-7-8-20)33(31-27)24-14-17(2)25(34-3)16-22(24)28;/h9-12,14,16,18,20,23H,4-8,13,15H2,1-3H3;1H. The maximum absolute atomic E-state index is 13.7. The molecule has 2 aliphatic carbocycles. The summed E-state index contributed by atoms with van der Waals surface area (Å²) in [6.45, 7) is 5.02. The van der Waals surface area contributed by atoms with Crippen molar-refractivity contribution in [2.45, 2.75) is 64.3 Å². The Balaban J connectivity index is 0.00000289. The predicted molar refractivity (Wildman–Crippen MR) is 141 cm³/mol. The fourth-order valence-electron chi connectivity index (χ4n) is 4.68. The van der Waals surface area contributed by atoms with E-state index in [1.807, 2.05) is 35.9 Å². The van der Waals surface area contributed by atoms with Gasteiger partial charge in [0.25, 0.3) is 0 Å². The van der Waals surface area contributed by atoms with Gasteiger partial charge in [-0.25, -0.2) is 9.07 Å². The maximum Gasteiger partial charge on any atom is 0.245 e. The molecule has 1 aromatic heterocycles. The Labute approximate surface area is 218 Å². The summed E-state index contributed by atoms with van der Waals surface area (Å²) in [4.78, 5) is 7.40. The van der Waals surface area contributed by atoms with Crippen LogP contribution in [0.4, 0.5) is 10.3 Å². The van der Waals surface area contributed by atoms with Crippen molar-refractivity contribution in [2.75, 3.05) is 18.6 Å². The molecule has 2 aliphatic rings. The van der Waals surface area contributed by atoms with Gasteiger partial charge in [0, 0.05) is 18.5 Å². The molecule has 0 bridgehead atoms. The lowest BCUT2D eigenvalue weighted by Crippen LogP contribution is -2.31. The number of ether oxygens (including phenoxy) is 1. The number of methoxy groups -OCH3 is 1. The average molecular weight is 519 g/mol. The van der Waals surface area contributed by atoms with Gasteiger partial charge in [-0.15, -0.1) is 17.5 Å². The summed E-state index contributed by atoms with van der Waals surface area (Å²) in [7, 11) is 1.65. The van der Waals surface area contributed by atoms with Gasteiger partial charge in [0.1, 0.15) is 17.4 Å². The molecule has 1 unspecified atom stereocenters. The van der Waals surface area contributed by atoms with Crippen molar-refractivity contribution in [3.05, 3.63) is 64.2 Å². The molecular weight excluding hydrogens is 486 g/mol. The molecule has 3 aromatic rings. The van der Waals surface area contributed by atoms with Crippen LogP contribution in [0.1, 0.15) is 74.4 Å². The van der Waals surface area contributed by atoms with E-state index in [-0.39, 0.29) is 24.3 Å². The smallest absolute Gasteiger partial charge is 0.245 e. The van der Waals surface area contributed by atoms with Crippen LogP contribution in [-0.2, 0) is 0 Å². The zero-order chi connectivity index (χ0) is 23.8. The Morgan fingerprint density at radius 1 is 1.17 bits per heavy atom. The summed E-state index contributed by atoms with van der Waals surface area (Å²) >= 11 is 6.69. The van der Waals surface area contributed by atoms with Crippen LogP contribution in [0.2, 0.25) is 5.02 Å². The van der Waals surface area contributed by atoms with Crippen molar-refractivity contribution in [3.8, 4) is 11.4 Å². The Morgan fingerprint density at radius 2 is 1.89 bits per heavy atom. The molecule has 0 N–H and O–H groups in total. The van der Waals surface area contributed by atoms with E-state index in [2.05, 4.69) is 11.8 Å². The summed E-state index contributed by atoms with van der Waals surface area (Å²) < 4.78 is 21.1. The summed E-state index contributed by atoms with van der Waals surface area (Å²) in [6, 6.07) is 10.9. The first-order valence-electron chi connectivity index (χ1n) is 12.3. The lowest BCUT2D eigenvalue weighted by molar-refractivity contribution is 0.411. The van der Waals surface area contributed by atoms with Crippen LogP contribution in [0.25, 0.3) is 5.69 Å². The van der Waals surface area contributed by atoms with Crippen molar-refractivity contribution >= 4 is 30.0 Å². The van der Waals surface area contributed by atoms with Gasteiger partial charge in [-0.1, -0.05) is 43.5 Å². The average Bonchev–Trinajstić information content (AvgIpc) is 3.77. The predicted octanol–water partition coefficient (Wildman–Crippen LogP) is 7.43. The summed E-state index contributed by atoms with van der Waals surface area (Å²) in [5.74, 6) is 3.35. The van der Waals surface area contributed by atoms with Gasteiger partial charge in [0.2, 0.25) is 5.95 Å². The van der Waals surface area contributed by atoms with E-state index in [1.165, 1.54) is 12.8 Å². The van der Waals surface area contributed by atoms with Crippen LogP contribution in [-0.4, -0.2) is 28.4 Å². The topological polar surface area (TPSA) is 43.2 Å². The van der Waals surface area contributed by atoms with Crippen LogP contribution in [0, 0.1) is 18.7 Å². The van der Waals surface area contributed by atoms with E-state index in [0.29, 0.717) is 16.9 Å². The van der Waals surface area contributed by atoms with Crippen molar-refractivity contribution in [1.29, 1.82) is 0 Å². The first-order chi connectivity index (χ1) is 16.5. The third-order valence-corrected chi connectivity index (χ3v) is 7.16. The minimum atomic E-state index is -0.209. The Hall–Kier alpha value is -2.31. The molecule has 1 heterocycles. The molecular formula is C27H33Cl2FN4O. The number of hydrogen-bond acceptors (Lipinski definition) is 4. The van der Waals surface area contributed by atoms with Gasteiger partial charge >= 0.3 is 0 Å². The van der Waals surface area contributed by atoms with Crippen molar-refractivity contribution in [2.24, 2.45) is 5.92 Å². The first-order valence-corrected chi connectivity index (χ1v) is 12.7. The lowest BCUT2D eigenvalue weighted by atomic mass is 9.99. The van der Waals surface area contributed by atoms with Gasteiger partial charge in [-0.2, -0.15) is 4.98 Å². The minimum Gasteiger partial charge on any atom is -0.496 e. The van der Waals surface area contributed by atoms with Crippen LogP contribution in [0.3, 0.4) is 0 Å². The highest BCUT2D eigenvalue weighted by molar-refractivity contribution is 6.32. The molecule has 8 heteroatoms. The molecule has 2 fully saturated rings. The number of rotatable bonds is 10. The highest BCUT2D eigenvalue weighted by Crippen LogP contribution is 2.44. The molecule has 5 nitrogen and oxygen atoms in total. The van der Waals surface area contributed by atoms with E-state index in [1.54, 1.807) is 19.2 Å². The van der Waals surface area contributed by atoms with Gasteiger partial charge in [-0.3, -0.25) is 0 Å².